The summed E-state index contributed by atoms with van der Waals surface area (Å²) in [5.74, 6) is -0.222. The van der Waals surface area contributed by atoms with Gasteiger partial charge in [0.2, 0.25) is 5.76 Å². The molecule has 0 spiro atoms. The summed E-state index contributed by atoms with van der Waals surface area (Å²) in [5.41, 5.74) is 2.95. The van der Waals surface area contributed by atoms with Crippen molar-refractivity contribution in [1.29, 1.82) is 0 Å². The van der Waals surface area contributed by atoms with Crippen LogP contribution < -0.4 is 19.6 Å². The molecule has 0 atom stereocenters. The first-order valence-corrected chi connectivity index (χ1v) is 10.1. The molecule has 166 valence electrons. The highest BCUT2D eigenvalue weighted by atomic mass is 35.5. The van der Waals surface area contributed by atoms with E-state index in [4.69, 9.17) is 41.8 Å². The molecule has 0 unspecified atom stereocenters. The molecule has 0 saturated carbocycles. The molecular formula is C22H18Cl2N2O6. The second-order valence-electron chi connectivity index (χ2n) is 6.16. The van der Waals surface area contributed by atoms with Crippen molar-refractivity contribution in [1.82, 2.24) is 5.43 Å². The monoisotopic (exact) mass is 476 g/mol. The number of hydrogen-bond acceptors (Lipinski definition) is 7. The van der Waals surface area contributed by atoms with Crippen LogP contribution in [0.2, 0.25) is 10.0 Å². The van der Waals surface area contributed by atoms with Crippen LogP contribution in [0.1, 0.15) is 23.0 Å². The molecule has 0 saturated heterocycles. The number of carbonyl (C=O) groups excluding carboxylic acids is 2. The summed E-state index contributed by atoms with van der Waals surface area (Å²) in [7, 11) is 0. The zero-order valence-electron chi connectivity index (χ0n) is 16.8. The molecule has 0 bridgehead atoms. The van der Waals surface area contributed by atoms with E-state index in [9.17, 15) is 9.59 Å². The van der Waals surface area contributed by atoms with Crippen LogP contribution in [0.5, 0.6) is 17.2 Å². The number of rotatable bonds is 9. The fraction of sp³-hybridized carbons (Fsp3) is 0.136. The first-order valence-electron chi connectivity index (χ1n) is 9.38. The van der Waals surface area contributed by atoms with Crippen LogP contribution in [0.15, 0.2) is 64.3 Å². The van der Waals surface area contributed by atoms with Crippen LogP contribution in [0.25, 0.3) is 0 Å². The van der Waals surface area contributed by atoms with E-state index in [-0.39, 0.29) is 18.1 Å². The van der Waals surface area contributed by atoms with E-state index in [1.54, 1.807) is 43.3 Å². The molecule has 32 heavy (non-hydrogen) atoms. The van der Waals surface area contributed by atoms with Gasteiger partial charge >= 0.3 is 5.97 Å². The molecule has 0 aliphatic rings. The first-order chi connectivity index (χ1) is 15.5. The van der Waals surface area contributed by atoms with E-state index >= 15 is 0 Å². The van der Waals surface area contributed by atoms with Gasteiger partial charge in [-0.05, 0) is 55.0 Å². The number of halogens is 2. The van der Waals surface area contributed by atoms with Gasteiger partial charge in [0.05, 0.1) is 24.1 Å². The van der Waals surface area contributed by atoms with Crippen molar-refractivity contribution in [3.05, 3.63) is 76.2 Å². The number of esters is 1. The minimum atomic E-state index is -0.649. The van der Waals surface area contributed by atoms with E-state index in [2.05, 4.69) is 10.5 Å². The Labute approximate surface area is 193 Å². The Morgan fingerprint density at radius 3 is 2.66 bits per heavy atom. The maximum absolute atomic E-state index is 12.1. The van der Waals surface area contributed by atoms with Crippen LogP contribution in [0.3, 0.4) is 0 Å². The summed E-state index contributed by atoms with van der Waals surface area (Å²) in [6.45, 7) is 1.85. The van der Waals surface area contributed by atoms with E-state index in [1.165, 1.54) is 24.6 Å². The van der Waals surface area contributed by atoms with Crippen molar-refractivity contribution in [2.45, 2.75) is 6.92 Å². The number of furan rings is 1. The second-order valence-corrected chi connectivity index (χ2v) is 7.01. The smallest absolute Gasteiger partial charge is 0.379 e. The number of ether oxygens (including phenoxy) is 3. The highest BCUT2D eigenvalue weighted by Crippen LogP contribution is 2.29. The summed E-state index contributed by atoms with van der Waals surface area (Å²) in [6, 6.07) is 12.6. The Kier molecular flexibility index (Phi) is 8.13. The quantitative estimate of drug-likeness (QED) is 0.207. The van der Waals surface area contributed by atoms with Crippen LogP contribution in [0, 0.1) is 0 Å². The zero-order valence-corrected chi connectivity index (χ0v) is 18.4. The van der Waals surface area contributed by atoms with Crippen molar-refractivity contribution < 1.29 is 28.2 Å². The number of amides is 1. The second kappa shape index (κ2) is 11.2. The van der Waals surface area contributed by atoms with Crippen LogP contribution in [0.4, 0.5) is 0 Å². The van der Waals surface area contributed by atoms with Gasteiger partial charge in [0, 0.05) is 11.1 Å². The van der Waals surface area contributed by atoms with Crippen molar-refractivity contribution in [2.75, 3.05) is 13.2 Å². The van der Waals surface area contributed by atoms with Crippen molar-refractivity contribution in [2.24, 2.45) is 5.10 Å². The van der Waals surface area contributed by atoms with Gasteiger partial charge in [-0.1, -0.05) is 23.2 Å². The normalized spacial score (nSPS) is 10.7. The summed E-state index contributed by atoms with van der Waals surface area (Å²) >= 11 is 11.9. The fourth-order valence-electron chi connectivity index (χ4n) is 2.44. The Balaban J connectivity index is 1.58. The van der Waals surface area contributed by atoms with E-state index in [1.807, 2.05) is 0 Å². The van der Waals surface area contributed by atoms with Gasteiger partial charge < -0.3 is 18.6 Å². The third-order valence-corrected chi connectivity index (χ3v) is 4.39. The first kappa shape index (κ1) is 23.2. The van der Waals surface area contributed by atoms with E-state index in [0.29, 0.717) is 33.7 Å². The number of hydrogen-bond donors (Lipinski definition) is 1. The summed E-state index contributed by atoms with van der Waals surface area (Å²) in [4.78, 5) is 24.0. The van der Waals surface area contributed by atoms with Crippen LogP contribution >= 0.6 is 23.2 Å². The molecule has 1 heterocycles. The minimum Gasteiger partial charge on any atom is -0.490 e. The number of carbonyl (C=O) groups is 2. The minimum absolute atomic E-state index is 0.0714. The lowest BCUT2D eigenvalue weighted by atomic mass is 10.2. The number of benzene rings is 2. The fourth-order valence-corrected chi connectivity index (χ4v) is 2.78. The van der Waals surface area contributed by atoms with Gasteiger partial charge in [-0.15, -0.1) is 0 Å². The molecule has 1 N–H and O–H groups in total. The number of nitrogens with one attached hydrogen (secondary N) is 1. The molecule has 1 amide bonds. The highest BCUT2D eigenvalue weighted by molar-refractivity contribution is 6.34. The lowest BCUT2D eigenvalue weighted by Crippen LogP contribution is -2.24. The average molecular weight is 477 g/mol. The summed E-state index contributed by atoms with van der Waals surface area (Å²) < 4.78 is 21.2. The molecule has 10 heteroatoms. The predicted molar refractivity (Wildman–Crippen MR) is 119 cm³/mol. The Morgan fingerprint density at radius 2 is 1.91 bits per heavy atom. The highest BCUT2D eigenvalue weighted by Gasteiger charge is 2.15. The van der Waals surface area contributed by atoms with Crippen molar-refractivity contribution >= 4 is 41.3 Å². The maximum atomic E-state index is 12.1. The Morgan fingerprint density at radius 1 is 1.06 bits per heavy atom. The number of nitrogens with zero attached hydrogens (tertiary/aromatic N) is 1. The van der Waals surface area contributed by atoms with Crippen LogP contribution in [-0.4, -0.2) is 31.3 Å². The predicted octanol–water partition coefficient (Wildman–Crippen LogP) is 4.73. The molecule has 0 fully saturated rings. The topological polar surface area (TPSA) is 99.4 Å². The number of hydrazone groups is 1. The molecule has 0 aliphatic heterocycles. The molecule has 3 rings (SSSR count). The van der Waals surface area contributed by atoms with E-state index < -0.39 is 11.9 Å². The lowest BCUT2D eigenvalue weighted by molar-refractivity contribution is -0.123. The molecule has 0 aliphatic carbocycles. The van der Waals surface area contributed by atoms with Gasteiger partial charge in [-0.2, -0.15) is 5.10 Å². The standard InChI is InChI=1S/C22H18Cl2N2O6/c1-2-29-20-10-14(5-8-17(20)32-22(28)18-4-3-9-30-18)12-25-26-21(27)13-31-19-11-15(23)6-7-16(19)24/h3-12H,2,13H2,1H3,(H,26,27)/b25-12+. The summed E-state index contributed by atoms with van der Waals surface area (Å²) in [5, 5.41) is 4.66. The van der Waals surface area contributed by atoms with Gasteiger partial charge in [-0.25, -0.2) is 10.2 Å². The largest absolute Gasteiger partial charge is 0.490 e. The van der Waals surface area contributed by atoms with Crippen molar-refractivity contribution in [3.63, 3.8) is 0 Å². The van der Waals surface area contributed by atoms with Gasteiger partial charge in [0.1, 0.15) is 5.75 Å². The molecule has 1 aromatic heterocycles. The molecule has 3 aromatic rings. The Bertz CT molecular complexity index is 1120. The molecular weight excluding hydrogens is 459 g/mol. The molecule has 2 aromatic carbocycles. The summed E-state index contributed by atoms with van der Waals surface area (Å²) in [6.07, 6.45) is 2.79. The maximum Gasteiger partial charge on any atom is 0.379 e. The third kappa shape index (κ3) is 6.50. The third-order valence-electron chi connectivity index (χ3n) is 3.85. The average Bonchev–Trinajstić information content (AvgIpc) is 3.31. The van der Waals surface area contributed by atoms with Gasteiger partial charge in [0.25, 0.3) is 5.91 Å². The Hall–Kier alpha value is -3.49. The van der Waals surface area contributed by atoms with Gasteiger partial charge in [-0.3, -0.25) is 4.79 Å². The molecule has 8 nitrogen and oxygen atoms in total. The van der Waals surface area contributed by atoms with E-state index in [0.717, 1.165) is 0 Å². The van der Waals surface area contributed by atoms with Crippen LogP contribution in [-0.2, 0) is 4.79 Å². The van der Waals surface area contributed by atoms with Gasteiger partial charge in [0.15, 0.2) is 18.1 Å². The zero-order chi connectivity index (χ0) is 22.9. The van der Waals surface area contributed by atoms with Crippen molar-refractivity contribution in [3.8, 4) is 17.2 Å². The molecule has 0 radical (unpaired) electrons. The lowest BCUT2D eigenvalue weighted by Gasteiger charge is -2.10. The SMILES string of the molecule is CCOc1cc(/C=N/NC(=O)COc2cc(Cl)ccc2Cl)ccc1OC(=O)c1ccco1.